The van der Waals surface area contributed by atoms with Gasteiger partial charge in [-0.3, -0.25) is 33.6 Å². The largest absolute Gasteiger partial charge is 0.497 e. The van der Waals surface area contributed by atoms with Crippen molar-refractivity contribution in [3.05, 3.63) is 405 Å². The van der Waals surface area contributed by atoms with E-state index in [1.807, 2.05) is 68.4 Å². The molecule has 0 aliphatic rings. The number of hydrogen-bond acceptors (Lipinski definition) is 29. The molecule has 0 amide bonds. The Morgan fingerprint density at radius 3 is 0.828 bits per heavy atom. The number of nitrogens with zero attached hydrogens (tertiary/aromatic N) is 14. The van der Waals surface area contributed by atoms with Gasteiger partial charge in [0.25, 0.3) is 0 Å². The summed E-state index contributed by atoms with van der Waals surface area (Å²) < 4.78 is 84.2. The molecular formula is C96H85Cl3F6N14O15. The summed E-state index contributed by atoms with van der Waals surface area (Å²) in [7, 11) is 1.63. The maximum absolute atomic E-state index is 13.5. The van der Waals surface area contributed by atoms with Crippen molar-refractivity contribution in [2.75, 3.05) is 53.4 Å². The van der Waals surface area contributed by atoms with E-state index in [1.54, 1.807) is 31.4 Å². The number of hydrogen-bond donors (Lipinski definition) is 7. The third-order valence-electron chi connectivity index (χ3n) is 18.5. The lowest BCUT2D eigenvalue weighted by molar-refractivity contribution is 0.0897. The van der Waals surface area contributed by atoms with Crippen LogP contribution in [0.3, 0.4) is 0 Å². The lowest BCUT2D eigenvalue weighted by Gasteiger charge is -2.06. The summed E-state index contributed by atoms with van der Waals surface area (Å²) in [5.74, 6) is -6.37. The average molecular weight is 1900 g/mol. The molecule has 0 spiro atoms. The normalized spacial score (nSPS) is 10.5. The number of aryl methyl sites for hydroxylation is 4. The number of ketones is 7. The molecule has 0 fully saturated rings. The van der Waals surface area contributed by atoms with Crippen molar-refractivity contribution >= 4 is 75.3 Å². The summed E-state index contributed by atoms with van der Waals surface area (Å²) in [5, 5.41) is 62.7. The summed E-state index contributed by atoms with van der Waals surface area (Å²) in [4.78, 5) is 135. The molecular weight excluding hydrogens is 1810 g/mol. The van der Waals surface area contributed by atoms with Crippen molar-refractivity contribution in [1.82, 2.24) is 69.8 Å². The fraction of sp³-hybridized carbons (Fsp3) is 0.198. The summed E-state index contributed by atoms with van der Waals surface area (Å²) in [6, 6.07) is 36.3. The molecule has 0 saturated carbocycles. The Morgan fingerprint density at radius 1 is 0.276 bits per heavy atom. The van der Waals surface area contributed by atoms with Crippen LogP contribution in [0, 0.1) is 62.6 Å². The van der Waals surface area contributed by atoms with Gasteiger partial charge in [-0.1, -0.05) is 118 Å². The molecule has 7 heterocycles. The predicted octanol–water partition coefficient (Wildman–Crippen LogP) is 12.7. The molecule has 0 bridgehead atoms. The monoisotopic (exact) mass is 1890 g/mol. The number of benzene rings is 7. The number of carbonyl (C=O) groups excluding carboxylic acids is 7. The number of aromatic nitrogens is 14. The first-order chi connectivity index (χ1) is 64.2. The van der Waals surface area contributed by atoms with Crippen LogP contribution in [0.1, 0.15) is 174 Å². The maximum Gasteiger partial charge on any atom is 0.191 e. The van der Waals surface area contributed by atoms with Crippen LogP contribution in [-0.2, 0) is 44.9 Å². The minimum atomic E-state index is -1.52. The second-order valence-corrected chi connectivity index (χ2v) is 30.2. The van der Waals surface area contributed by atoms with Gasteiger partial charge in [-0.15, -0.1) is 0 Å². The number of aliphatic hydroxyl groups is 7. The molecule has 14 rings (SSSR count). The molecule has 0 unspecified atom stereocenters. The van der Waals surface area contributed by atoms with Gasteiger partial charge in [0, 0.05) is 164 Å². The van der Waals surface area contributed by atoms with Crippen LogP contribution in [0.15, 0.2) is 214 Å². The molecule has 38 heteroatoms. The van der Waals surface area contributed by atoms with Crippen LogP contribution in [-0.4, -0.2) is 199 Å². The SMILES string of the molecule is COc1cc(C)cc(Cc2ncc(C(=O)CO)cn2)c1.Cc1cc(C)cc(Cc2ncc(C(=O)CO)cn2)c1.Cc1cccc(Cc2ncc(C(=O)CO)cn2)c1.O=C(CO)c1cnc(Cc2c(Cl)cccc2Cl)nc1.O=C(CO)c1cnc(Cc2c(F)c(F)cc(F)c2F)nc1.O=C(CO)c1cnc(Cc2cc(F)cc(F)c2)nc1.O=C(CO)c1cnc(Cc2cccc(Cl)c2)nc1. The fourth-order valence-electron chi connectivity index (χ4n) is 11.9. The lowest BCUT2D eigenvalue weighted by Crippen LogP contribution is -2.09. The molecule has 29 nitrogen and oxygen atoms in total. The van der Waals surface area contributed by atoms with E-state index >= 15 is 0 Å². The average Bonchev–Trinajstić information content (AvgIpc) is 0.808. The number of rotatable bonds is 29. The number of carbonyl (C=O) groups is 7. The number of Topliss-reactive ketones (excluding diaryl/α,β-unsaturated/α-hetero) is 7. The first-order valence-electron chi connectivity index (χ1n) is 40.1. The van der Waals surface area contributed by atoms with E-state index in [9.17, 15) is 59.9 Å². The van der Waals surface area contributed by atoms with Gasteiger partial charge < -0.3 is 40.5 Å². The highest BCUT2D eigenvalue weighted by molar-refractivity contribution is 6.36. The minimum absolute atomic E-state index is 0.00705. The van der Waals surface area contributed by atoms with E-state index in [4.69, 9.17) is 75.3 Å². The van der Waals surface area contributed by atoms with Gasteiger partial charge in [-0.25, -0.2) is 96.1 Å². The van der Waals surface area contributed by atoms with E-state index < -0.39 is 110 Å². The lowest BCUT2D eigenvalue weighted by atomic mass is 10.0. The second-order valence-electron chi connectivity index (χ2n) is 28.9. The smallest absolute Gasteiger partial charge is 0.191 e. The molecule has 134 heavy (non-hydrogen) atoms. The van der Waals surface area contributed by atoms with Gasteiger partial charge in [0.15, 0.2) is 63.8 Å². The first-order valence-corrected chi connectivity index (χ1v) is 41.2. The summed E-state index contributed by atoms with van der Waals surface area (Å²) in [6.07, 6.45) is 21.3. The van der Waals surface area contributed by atoms with Crippen LogP contribution >= 0.6 is 34.8 Å². The maximum atomic E-state index is 13.5. The molecule has 0 radical (unpaired) electrons. The van der Waals surface area contributed by atoms with Crippen molar-refractivity contribution in [2.24, 2.45) is 0 Å². The molecule has 14 aromatic rings. The van der Waals surface area contributed by atoms with Crippen LogP contribution in [0.5, 0.6) is 5.75 Å². The van der Waals surface area contributed by atoms with Crippen molar-refractivity contribution in [3.8, 4) is 5.75 Å². The predicted molar refractivity (Wildman–Crippen MR) is 479 cm³/mol. The van der Waals surface area contributed by atoms with Gasteiger partial charge in [0.2, 0.25) is 0 Å². The highest BCUT2D eigenvalue weighted by Gasteiger charge is 2.22. The Bertz CT molecular complexity index is 6060. The Kier molecular flexibility index (Phi) is 41.8. The molecule has 0 aliphatic carbocycles. The Balaban J connectivity index is 0.000000192. The summed E-state index contributed by atoms with van der Waals surface area (Å²) in [6.45, 7) is 4.15. The highest BCUT2D eigenvalue weighted by Crippen LogP contribution is 2.28. The fourth-order valence-corrected chi connectivity index (χ4v) is 12.6. The van der Waals surface area contributed by atoms with Gasteiger partial charge in [-0.2, -0.15) is 0 Å². The van der Waals surface area contributed by atoms with Crippen molar-refractivity contribution in [2.45, 2.75) is 72.6 Å². The van der Waals surface area contributed by atoms with E-state index in [0.29, 0.717) is 110 Å². The van der Waals surface area contributed by atoms with Crippen molar-refractivity contribution < 1.29 is 100 Å². The number of halogens is 9. The zero-order chi connectivity index (χ0) is 97.5. The summed E-state index contributed by atoms with van der Waals surface area (Å²) >= 11 is 18.0. The van der Waals surface area contributed by atoms with Gasteiger partial charge in [-0.05, 0) is 115 Å². The van der Waals surface area contributed by atoms with Crippen molar-refractivity contribution in [1.29, 1.82) is 0 Å². The van der Waals surface area contributed by atoms with E-state index in [2.05, 4.69) is 108 Å². The molecule has 0 saturated heterocycles. The molecule has 0 aliphatic heterocycles. The van der Waals surface area contributed by atoms with Gasteiger partial charge in [0.05, 0.1) is 46.1 Å². The van der Waals surface area contributed by atoms with Crippen LogP contribution in [0.2, 0.25) is 15.1 Å². The van der Waals surface area contributed by atoms with Crippen molar-refractivity contribution in [3.63, 3.8) is 0 Å². The Hall–Kier alpha value is -14.2. The molecule has 0 atom stereocenters. The third kappa shape index (κ3) is 33.9. The van der Waals surface area contributed by atoms with E-state index in [1.165, 1.54) is 103 Å². The highest BCUT2D eigenvalue weighted by atomic mass is 35.5. The number of ether oxygens (including phenoxy) is 1. The number of aliphatic hydroxyl groups excluding tert-OH is 7. The molecule has 692 valence electrons. The topological polar surface area (TPSA) is 451 Å². The van der Waals surface area contributed by atoms with Crippen LogP contribution in [0.4, 0.5) is 26.3 Å². The zero-order valence-electron chi connectivity index (χ0n) is 72.2. The number of methoxy groups -OCH3 is 1. The quantitative estimate of drug-likeness (QED) is 0.0130. The zero-order valence-corrected chi connectivity index (χ0v) is 74.4. The standard InChI is InChI=1S/C15H16N2O3.C15H16N2O2.C14H14N2O2.C13H10Cl2N2O2.C13H11ClN2O2.C13H8F4N2O2.C13H10F2N2O2/c1-10-3-11(5-13(4-10)20-2)6-15-16-7-12(8-17-15)14(19)9-18;1-10-3-11(2)5-12(4-10)6-15-16-7-13(8-17-15)14(19)9-18;1-10-3-2-4-11(5-10)6-14-15-7-12(8-16-14)13(18)9-17;14-10-2-1-3-11(15)9(10)4-13-16-5-8(6-17-13)12(19)7-18;14-11-3-1-2-9(4-11)5-13-15-6-10(7-16-13)12(18)8-17;14-8-2-9(15)13(17)7(12(8)16)1-11-18-3-6(4-19-11)10(21)5-20;14-10-1-8(2-11(15)4-10)3-13-16-5-9(6-17-13)12(19)7-18/h3-5,7-8,18H,6,9H2,1-2H3;3-5,7-8,18H,6,9H2,1-2H3;2-5,7-8,17H,6,9H2,1H3;1-3,5-6,18H,4,7H2;1-4,6-7,17H,5,8H2;2-4,20H,1,5H2;1-2,4-6,18H,3,7H2. The summed E-state index contributed by atoms with van der Waals surface area (Å²) in [5.41, 5.74) is 11.1. The third-order valence-corrected chi connectivity index (χ3v) is 19.4. The molecule has 7 N–H and O–H groups in total. The van der Waals surface area contributed by atoms with Gasteiger partial charge in [0.1, 0.15) is 104 Å². The van der Waals surface area contributed by atoms with Crippen LogP contribution < -0.4 is 4.74 Å². The van der Waals surface area contributed by atoms with E-state index in [0.717, 1.165) is 57.6 Å². The Labute approximate surface area is 777 Å². The second kappa shape index (κ2) is 53.3. The molecule has 7 aromatic heterocycles. The van der Waals surface area contributed by atoms with E-state index in [-0.39, 0.29) is 58.1 Å². The minimum Gasteiger partial charge on any atom is -0.497 e. The first kappa shape index (κ1) is 105. The van der Waals surface area contributed by atoms with Gasteiger partial charge >= 0.3 is 0 Å². The molecule has 7 aromatic carbocycles. The Morgan fingerprint density at radius 2 is 0.530 bits per heavy atom. The van der Waals surface area contributed by atoms with Crippen LogP contribution in [0.25, 0.3) is 0 Å².